The van der Waals surface area contributed by atoms with Crippen molar-refractivity contribution in [3.8, 4) is 17.2 Å². The Morgan fingerprint density at radius 3 is 2.50 bits per heavy atom. The maximum absolute atomic E-state index is 9.03. The normalized spacial score (nSPS) is 16.7. The van der Waals surface area contributed by atoms with Gasteiger partial charge in [0.25, 0.3) is 0 Å². The molecule has 88 valence electrons. The molecule has 0 spiro atoms. The Hall–Kier alpha value is -2.27. The van der Waals surface area contributed by atoms with E-state index in [-0.39, 0.29) is 6.04 Å². The van der Waals surface area contributed by atoms with Crippen LogP contribution in [0.5, 0.6) is 0 Å². The van der Waals surface area contributed by atoms with Gasteiger partial charge in [0.2, 0.25) is 0 Å². The van der Waals surface area contributed by atoms with Crippen molar-refractivity contribution < 1.29 is 0 Å². The molecule has 0 saturated heterocycles. The standard InChI is InChI=1S/C16H14N2/c1-18-15-9-5-4-8-13(15)12-6-2-3-7-14(12)16(18)10-11-17/h2-9,16H,10H2,1H3. The van der Waals surface area contributed by atoms with Crippen LogP contribution in [-0.4, -0.2) is 7.05 Å². The summed E-state index contributed by atoms with van der Waals surface area (Å²) in [5.41, 5.74) is 4.97. The zero-order valence-corrected chi connectivity index (χ0v) is 10.3. The van der Waals surface area contributed by atoms with Crippen molar-refractivity contribution in [2.24, 2.45) is 0 Å². The maximum Gasteiger partial charge on any atom is 0.0675 e. The fourth-order valence-electron chi connectivity index (χ4n) is 2.75. The van der Waals surface area contributed by atoms with Crippen LogP contribution in [0.2, 0.25) is 0 Å². The highest BCUT2D eigenvalue weighted by Crippen LogP contribution is 2.44. The molecule has 2 nitrogen and oxygen atoms in total. The molecule has 3 rings (SSSR count). The lowest BCUT2D eigenvalue weighted by Crippen LogP contribution is -2.27. The first-order valence-electron chi connectivity index (χ1n) is 6.11. The van der Waals surface area contributed by atoms with E-state index in [1.54, 1.807) is 0 Å². The van der Waals surface area contributed by atoms with Gasteiger partial charge in [0.1, 0.15) is 0 Å². The highest BCUT2D eigenvalue weighted by Gasteiger charge is 2.27. The number of hydrogen-bond donors (Lipinski definition) is 0. The first-order chi connectivity index (χ1) is 8.83. The van der Waals surface area contributed by atoms with Crippen LogP contribution in [0.3, 0.4) is 0 Å². The second kappa shape index (κ2) is 4.19. The molecule has 2 aromatic carbocycles. The van der Waals surface area contributed by atoms with E-state index in [9.17, 15) is 0 Å². The summed E-state index contributed by atoms with van der Waals surface area (Å²) in [6.07, 6.45) is 0.516. The molecule has 18 heavy (non-hydrogen) atoms. The van der Waals surface area contributed by atoms with Crippen molar-refractivity contribution in [2.45, 2.75) is 12.5 Å². The van der Waals surface area contributed by atoms with Gasteiger partial charge in [-0.1, -0.05) is 42.5 Å². The molecule has 1 atom stereocenters. The Labute approximate surface area is 107 Å². The summed E-state index contributed by atoms with van der Waals surface area (Å²) >= 11 is 0. The Bertz CT molecular complexity index is 625. The quantitative estimate of drug-likeness (QED) is 0.751. The predicted molar refractivity (Wildman–Crippen MR) is 73.3 cm³/mol. The van der Waals surface area contributed by atoms with Crippen LogP contribution < -0.4 is 4.90 Å². The lowest BCUT2D eigenvalue weighted by atomic mass is 9.87. The number of hydrogen-bond acceptors (Lipinski definition) is 2. The van der Waals surface area contributed by atoms with Gasteiger partial charge in [0.15, 0.2) is 0 Å². The van der Waals surface area contributed by atoms with Gasteiger partial charge in [-0.05, 0) is 17.2 Å². The average Bonchev–Trinajstić information content (AvgIpc) is 2.43. The van der Waals surface area contributed by atoms with E-state index in [1.165, 1.54) is 22.4 Å². The van der Waals surface area contributed by atoms with Crippen LogP contribution in [0.1, 0.15) is 18.0 Å². The lowest BCUT2D eigenvalue weighted by Gasteiger charge is -2.36. The summed E-state index contributed by atoms with van der Waals surface area (Å²) in [6, 6.07) is 19.2. The predicted octanol–water partition coefficient (Wildman–Crippen LogP) is 3.76. The molecule has 0 radical (unpaired) electrons. The topological polar surface area (TPSA) is 27.0 Å². The maximum atomic E-state index is 9.03. The molecule has 0 amide bonds. The van der Waals surface area contributed by atoms with Gasteiger partial charge >= 0.3 is 0 Å². The molecule has 0 fully saturated rings. The number of anilines is 1. The number of rotatable bonds is 1. The van der Waals surface area contributed by atoms with Crippen LogP contribution in [0, 0.1) is 11.3 Å². The zero-order chi connectivity index (χ0) is 12.5. The Morgan fingerprint density at radius 2 is 1.72 bits per heavy atom. The first kappa shape index (κ1) is 10.9. The van der Waals surface area contributed by atoms with Crippen molar-refractivity contribution in [3.05, 3.63) is 54.1 Å². The van der Waals surface area contributed by atoms with E-state index in [0.717, 1.165) is 0 Å². The molecule has 1 aliphatic heterocycles. The third-order valence-corrected chi connectivity index (χ3v) is 3.65. The molecular formula is C16H14N2. The van der Waals surface area contributed by atoms with Crippen LogP contribution in [0.25, 0.3) is 11.1 Å². The van der Waals surface area contributed by atoms with Gasteiger partial charge in [-0.25, -0.2) is 0 Å². The molecule has 2 heteroatoms. The van der Waals surface area contributed by atoms with Gasteiger partial charge in [0, 0.05) is 18.3 Å². The fraction of sp³-hybridized carbons (Fsp3) is 0.188. The van der Waals surface area contributed by atoms with E-state index in [2.05, 4.69) is 54.4 Å². The van der Waals surface area contributed by atoms with Crippen LogP contribution >= 0.6 is 0 Å². The van der Waals surface area contributed by atoms with Crippen molar-refractivity contribution in [3.63, 3.8) is 0 Å². The summed E-state index contributed by atoms with van der Waals surface area (Å²) in [5, 5.41) is 9.03. The first-order valence-corrected chi connectivity index (χ1v) is 6.11. The van der Waals surface area contributed by atoms with Crippen LogP contribution in [0.4, 0.5) is 5.69 Å². The SMILES string of the molecule is CN1c2ccccc2-c2ccccc2C1CC#N. The molecule has 0 N–H and O–H groups in total. The summed E-state index contributed by atoms with van der Waals surface area (Å²) in [4.78, 5) is 2.21. The van der Waals surface area contributed by atoms with Gasteiger partial charge < -0.3 is 4.90 Å². The fourth-order valence-corrected chi connectivity index (χ4v) is 2.75. The molecule has 0 bridgehead atoms. The molecule has 2 aromatic rings. The highest BCUT2D eigenvalue weighted by molar-refractivity contribution is 5.84. The second-order valence-corrected chi connectivity index (χ2v) is 4.59. The molecule has 0 saturated carbocycles. The third kappa shape index (κ3) is 1.48. The van der Waals surface area contributed by atoms with Crippen LogP contribution in [0.15, 0.2) is 48.5 Å². The van der Waals surface area contributed by atoms with Crippen LogP contribution in [-0.2, 0) is 0 Å². The monoisotopic (exact) mass is 234 g/mol. The number of para-hydroxylation sites is 1. The summed E-state index contributed by atoms with van der Waals surface area (Å²) < 4.78 is 0. The zero-order valence-electron chi connectivity index (χ0n) is 10.3. The Morgan fingerprint density at radius 1 is 1.06 bits per heavy atom. The van der Waals surface area contributed by atoms with E-state index in [4.69, 9.17) is 5.26 Å². The smallest absolute Gasteiger partial charge is 0.0675 e. The summed E-state index contributed by atoms with van der Waals surface area (Å²) in [6.45, 7) is 0. The lowest BCUT2D eigenvalue weighted by molar-refractivity contribution is 0.681. The third-order valence-electron chi connectivity index (χ3n) is 3.65. The van der Waals surface area contributed by atoms with E-state index < -0.39 is 0 Å². The molecule has 1 aliphatic rings. The average molecular weight is 234 g/mol. The minimum atomic E-state index is 0.154. The molecule has 0 aliphatic carbocycles. The molecule has 1 heterocycles. The number of nitrogens with zero attached hydrogens (tertiary/aromatic N) is 2. The largest absolute Gasteiger partial charge is 0.366 e. The van der Waals surface area contributed by atoms with Gasteiger partial charge in [-0.15, -0.1) is 0 Å². The van der Waals surface area contributed by atoms with Gasteiger partial charge in [-0.3, -0.25) is 0 Å². The Balaban J connectivity index is 2.25. The van der Waals surface area contributed by atoms with Crippen molar-refractivity contribution in [2.75, 3.05) is 11.9 Å². The second-order valence-electron chi connectivity index (χ2n) is 4.59. The van der Waals surface area contributed by atoms with E-state index >= 15 is 0 Å². The van der Waals surface area contributed by atoms with E-state index in [0.29, 0.717) is 6.42 Å². The van der Waals surface area contributed by atoms with Gasteiger partial charge in [-0.2, -0.15) is 5.26 Å². The number of nitriles is 1. The Kier molecular flexibility index (Phi) is 2.53. The summed E-state index contributed by atoms with van der Waals surface area (Å²) in [5.74, 6) is 0. The molecule has 1 unspecified atom stereocenters. The van der Waals surface area contributed by atoms with Crippen molar-refractivity contribution in [1.29, 1.82) is 5.26 Å². The number of fused-ring (bicyclic) bond motifs is 3. The van der Waals surface area contributed by atoms with E-state index in [1.807, 2.05) is 12.1 Å². The number of benzene rings is 2. The molecule has 0 aromatic heterocycles. The van der Waals surface area contributed by atoms with Crippen molar-refractivity contribution in [1.82, 2.24) is 0 Å². The highest BCUT2D eigenvalue weighted by atomic mass is 15.1. The van der Waals surface area contributed by atoms with Crippen molar-refractivity contribution >= 4 is 5.69 Å². The summed E-state index contributed by atoms with van der Waals surface area (Å²) in [7, 11) is 2.07. The molecular weight excluding hydrogens is 220 g/mol. The minimum Gasteiger partial charge on any atom is -0.366 e. The minimum absolute atomic E-state index is 0.154. The van der Waals surface area contributed by atoms with Gasteiger partial charge in [0.05, 0.1) is 18.5 Å².